The van der Waals surface area contributed by atoms with Crippen molar-refractivity contribution in [1.29, 1.82) is 0 Å². The molecule has 2 aromatic rings. The topological polar surface area (TPSA) is 45.2 Å². The van der Waals surface area contributed by atoms with Crippen molar-refractivity contribution in [3.63, 3.8) is 0 Å². The Hall–Kier alpha value is -2.20. The van der Waals surface area contributed by atoms with Crippen molar-refractivity contribution in [3.8, 4) is 0 Å². The summed E-state index contributed by atoms with van der Waals surface area (Å²) >= 11 is 0. The number of benzene rings is 1. The number of hydrogen-bond acceptors (Lipinski definition) is 3. The predicted molar refractivity (Wildman–Crippen MR) is 83.0 cm³/mol. The second kappa shape index (κ2) is 6.06. The third kappa shape index (κ3) is 3.11. The molecule has 0 fully saturated rings. The number of pyridine rings is 1. The van der Waals surface area contributed by atoms with Gasteiger partial charge < -0.3 is 10.2 Å². The van der Waals surface area contributed by atoms with Gasteiger partial charge in [-0.3, -0.25) is 9.78 Å². The molecule has 1 unspecified atom stereocenters. The summed E-state index contributed by atoms with van der Waals surface area (Å²) in [5, 5.41) is 3.45. The quantitative estimate of drug-likeness (QED) is 0.917. The first-order chi connectivity index (χ1) is 10.2. The summed E-state index contributed by atoms with van der Waals surface area (Å²) in [7, 11) is 0. The van der Waals surface area contributed by atoms with E-state index in [2.05, 4.69) is 23.3 Å². The Labute approximate surface area is 124 Å². The smallest absolute Gasteiger partial charge is 0.231 e. The average Bonchev–Trinajstić information content (AvgIpc) is 2.68. The van der Waals surface area contributed by atoms with Gasteiger partial charge in [-0.25, -0.2) is 0 Å². The van der Waals surface area contributed by atoms with Crippen LogP contribution in [0.3, 0.4) is 0 Å². The molecule has 21 heavy (non-hydrogen) atoms. The largest absolute Gasteiger partial charge is 0.310 e. The third-order valence-electron chi connectivity index (χ3n) is 3.79. The molecule has 0 bridgehead atoms. The van der Waals surface area contributed by atoms with Crippen molar-refractivity contribution in [2.24, 2.45) is 0 Å². The molecule has 0 radical (unpaired) electrons. The Kier molecular flexibility index (Phi) is 3.97. The first kappa shape index (κ1) is 13.8. The number of amides is 1. The van der Waals surface area contributed by atoms with Crippen LogP contribution in [0.15, 0.2) is 48.8 Å². The monoisotopic (exact) mass is 281 g/mol. The van der Waals surface area contributed by atoms with Crippen LogP contribution in [-0.4, -0.2) is 23.5 Å². The lowest BCUT2D eigenvalue weighted by molar-refractivity contribution is -0.118. The molecule has 1 aliphatic rings. The molecule has 1 N–H and O–H groups in total. The second-order valence-electron chi connectivity index (χ2n) is 5.45. The van der Waals surface area contributed by atoms with Crippen molar-refractivity contribution in [2.45, 2.75) is 25.9 Å². The van der Waals surface area contributed by atoms with E-state index in [1.54, 1.807) is 12.4 Å². The zero-order chi connectivity index (χ0) is 14.7. The molecular weight excluding hydrogens is 262 g/mol. The van der Waals surface area contributed by atoms with E-state index in [9.17, 15) is 4.79 Å². The molecular formula is C17H19N3O. The normalized spacial score (nSPS) is 18.0. The molecule has 1 aromatic carbocycles. The van der Waals surface area contributed by atoms with E-state index in [0.29, 0.717) is 13.0 Å². The van der Waals surface area contributed by atoms with Crippen LogP contribution in [0.1, 0.15) is 18.1 Å². The van der Waals surface area contributed by atoms with Crippen LogP contribution < -0.4 is 10.2 Å². The van der Waals surface area contributed by atoms with Gasteiger partial charge in [-0.15, -0.1) is 0 Å². The van der Waals surface area contributed by atoms with Crippen LogP contribution in [0.4, 0.5) is 5.69 Å². The van der Waals surface area contributed by atoms with Crippen molar-refractivity contribution in [2.75, 3.05) is 11.4 Å². The molecule has 1 aliphatic heterocycles. The maximum absolute atomic E-state index is 12.7. The van der Waals surface area contributed by atoms with Gasteiger partial charge in [0.2, 0.25) is 5.91 Å². The number of nitrogens with one attached hydrogen (secondary N) is 1. The fourth-order valence-corrected chi connectivity index (χ4v) is 2.65. The molecule has 1 aromatic heterocycles. The highest BCUT2D eigenvalue weighted by Gasteiger charge is 2.23. The number of carbonyl (C=O) groups is 1. The fourth-order valence-electron chi connectivity index (χ4n) is 2.65. The highest BCUT2D eigenvalue weighted by Crippen LogP contribution is 2.24. The Balaban J connectivity index is 1.87. The van der Waals surface area contributed by atoms with Crippen molar-refractivity contribution < 1.29 is 4.79 Å². The molecule has 1 amide bonds. The summed E-state index contributed by atoms with van der Waals surface area (Å²) < 4.78 is 0. The van der Waals surface area contributed by atoms with Gasteiger partial charge in [0.25, 0.3) is 0 Å². The average molecular weight is 281 g/mol. The van der Waals surface area contributed by atoms with Crippen molar-refractivity contribution in [3.05, 3.63) is 59.9 Å². The molecule has 3 rings (SSSR count). The van der Waals surface area contributed by atoms with Gasteiger partial charge in [0.1, 0.15) is 0 Å². The minimum Gasteiger partial charge on any atom is -0.310 e. The highest BCUT2D eigenvalue weighted by molar-refractivity contribution is 5.95. The van der Waals surface area contributed by atoms with E-state index in [4.69, 9.17) is 0 Å². The number of fused-ring (bicyclic) bond motifs is 1. The first-order valence-electron chi connectivity index (χ1n) is 7.24. The third-order valence-corrected chi connectivity index (χ3v) is 3.79. The van der Waals surface area contributed by atoms with E-state index in [1.165, 1.54) is 5.56 Å². The lowest BCUT2D eigenvalue weighted by Gasteiger charge is -2.24. The van der Waals surface area contributed by atoms with Gasteiger partial charge in [0.05, 0.1) is 6.42 Å². The highest BCUT2D eigenvalue weighted by atomic mass is 16.2. The van der Waals surface area contributed by atoms with Crippen LogP contribution in [0.5, 0.6) is 0 Å². The SMILES string of the molecule is CC1CN(C(=O)Cc2ccncc2)c2ccccc2CN1. The number of para-hydroxylation sites is 1. The summed E-state index contributed by atoms with van der Waals surface area (Å²) in [5.74, 6) is 0.129. The summed E-state index contributed by atoms with van der Waals surface area (Å²) in [4.78, 5) is 18.6. The minimum atomic E-state index is 0.129. The Morgan fingerprint density at radius 3 is 2.86 bits per heavy atom. The number of nitrogens with zero attached hydrogens (tertiary/aromatic N) is 2. The van der Waals surface area contributed by atoms with E-state index >= 15 is 0 Å². The summed E-state index contributed by atoms with van der Waals surface area (Å²) in [5.41, 5.74) is 3.19. The molecule has 0 saturated heterocycles. The van der Waals surface area contributed by atoms with Gasteiger partial charge in [-0.1, -0.05) is 18.2 Å². The number of rotatable bonds is 2. The molecule has 0 aliphatic carbocycles. The van der Waals surface area contributed by atoms with Gasteiger partial charge in [-0.05, 0) is 36.2 Å². The van der Waals surface area contributed by atoms with Crippen LogP contribution in [0.2, 0.25) is 0 Å². The van der Waals surface area contributed by atoms with E-state index in [-0.39, 0.29) is 11.9 Å². The molecule has 2 heterocycles. The van der Waals surface area contributed by atoms with Gasteiger partial charge >= 0.3 is 0 Å². The molecule has 4 nitrogen and oxygen atoms in total. The van der Waals surface area contributed by atoms with Gasteiger partial charge in [0.15, 0.2) is 0 Å². The second-order valence-corrected chi connectivity index (χ2v) is 5.45. The van der Waals surface area contributed by atoms with Crippen LogP contribution >= 0.6 is 0 Å². The fraction of sp³-hybridized carbons (Fsp3) is 0.294. The Bertz CT molecular complexity index is 627. The number of aromatic nitrogens is 1. The zero-order valence-electron chi connectivity index (χ0n) is 12.1. The summed E-state index contributed by atoms with van der Waals surface area (Å²) in [6.07, 6.45) is 3.86. The number of hydrogen-bond donors (Lipinski definition) is 1. The van der Waals surface area contributed by atoms with Gasteiger partial charge in [0, 0.05) is 37.2 Å². The van der Waals surface area contributed by atoms with E-state index in [1.807, 2.05) is 35.2 Å². The van der Waals surface area contributed by atoms with Crippen LogP contribution in [0.25, 0.3) is 0 Å². The predicted octanol–water partition coefficient (Wildman–Crippen LogP) is 2.15. The molecule has 0 spiro atoms. The van der Waals surface area contributed by atoms with E-state index in [0.717, 1.165) is 17.8 Å². The van der Waals surface area contributed by atoms with Crippen LogP contribution in [-0.2, 0) is 17.8 Å². The number of carbonyl (C=O) groups excluding carboxylic acids is 1. The zero-order valence-corrected chi connectivity index (χ0v) is 12.1. The Morgan fingerprint density at radius 2 is 2.05 bits per heavy atom. The molecule has 108 valence electrons. The number of anilines is 1. The Morgan fingerprint density at radius 1 is 1.29 bits per heavy atom. The standard InChI is InChI=1S/C17H19N3O/c1-13-12-20(16-5-3-2-4-15(16)11-19-13)17(21)10-14-6-8-18-9-7-14/h2-9,13,19H,10-12H2,1H3. The van der Waals surface area contributed by atoms with Crippen LogP contribution in [0, 0.1) is 0 Å². The van der Waals surface area contributed by atoms with Crippen molar-refractivity contribution >= 4 is 11.6 Å². The summed E-state index contributed by atoms with van der Waals surface area (Å²) in [6.45, 7) is 3.61. The lowest BCUT2D eigenvalue weighted by atomic mass is 10.1. The maximum atomic E-state index is 12.7. The summed E-state index contributed by atoms with van der Waals surface area (Å²) in [6, 6.07) is 12.2. The molecule has 1 atom stereocenters. The molecule has 4 heteroatoms. The maximum Gasteiger partial charge on any atom is 0.231 e. The lowest BCUT2D eigenvalue weighted by Crippen LogP contribution is -2.40. The minimum absolute atomic E-state index is 0.129. The van der Waals surface area contributed by atoms with Crippen molar-refractivity contribution in [1.82, 2.24) is 10.3 Å². The van der Waals surface area contributed by atoms with E-state index < -0.39 is 0 Å². The first-order valence-corrected chi connectivity index (χ1v) is 7.24. The van der Waals surface area contributed by atoms with Gasteiger partial charge in [-0.2, -0.15) is 0 Å². The molecule has 0 saturated carbocycles.